The molecule has 2 atom stereocenters. The maximum Gasteiger partial charge on any atom is 0.407 e. The van der Waals surface area contributed by atoms with Gasteiger partial charge in [0.25, 0.3) is 0 Å². The summed E-state index contributed by atoms with van der Waals surface area (Å²) < 4.78 is 5.07. The number of aliphatic carboxylic acids is 1. The second-order valence-electron chi connectivity index (χ2n) is 5.23. The van der Waals surface area contributed by atoms with Gasteiger partial charge in [-0.2, -0.15) is 0 Å². The van der Waals surface area contributed by atoms with E-state index in [0.717, 1.165) is 13.0 Å². The lowest BCUT2D eigenvalue weighted by Gasteiger charge is -2.25. The first-order valence-corrected chi connectivity index (χ1v) is 6.46. The van der Waals surface area contributed by atoms with Crippen molar-refractivity contribution in [2.45, 2.75) is 32.3 Å². The Morgan fingerprint density at radius 1 is 1.67 bits per heavy atom. The highest BCUT2D eigenvalue weighted by Crippen LogP contribution is 2.35. The zero-order valence-electron chi connectivity index (χ0n) is 10.6. The summed E-state index contributed by atoms with van der Waals surface area (Å²) in [5.41, 5.74) is -0.606. The summed E-state index contributed by atoms with van der Waals surface area (Å²) in [7, 11) is 0. The Morgan fingerprint density at radius 2 is 2.44 bits per heavy atom. The van der Waals surface area contributed by atoms with E-state index in [0.29, 0.717) is 32.5 Å². The molecule has 2 fully saturated rings. The summed E-state index contributed by atoms with van der Waals surface area (Å²) in [6.45, 7) is 4.47. The number of carboxylic acids is 1. The van der Waals surface area contributed by atoms with Gasteiger partial charge in [0.2, 0.25) is 0 Å². The molecule has 0 saturated carbocycles. The third kappa shape index (κ3) is 2.58. The smallest absolute Gasteiger partial charge is 0.407 e. The Bertz CT molecular complexity index is 347. The fourth-order valence-electron chi connectivity index (χ4n) is 2.90. The summed E-state index contributed by atoms with van der Waals surface area (Å²) in [6, 6.07) is 0. The van der Waals surface area contributed by atoms with Gasteiger partial charge in [0.1, 0.15) is 6.10 Å². The van der Waals surface area contributed by atoms with Crippen LogP contribution in [-0.2, 0) is 9.53 Å². The number of nitrogens with one attached hydrogen (secondary N) is 1. The Kier molecular flexibility index (Phi) is 3.75. The van der Waals surface area contributed by atoms with Crippen LogP contribution in [0.5, 0.6) is 0 Å². The molecular weight excluding hydrogens is 236 g/mol. The van der Waals surface area contributed by atoms with E-state index in [1.165, 1.54) is 0 Å². The zero-order chi connectivity index (χ0) is 13.2. The number of alkyl carbamates (subject to hydrolysis) is 1. The van der Waals surface area contributed by atoms with E-state index in [4.69, 9.17) is 4.74 Å². The van der Waals surface area contributed by atoms with Crippen LogP contribution in [0.15, 0.2) is 0 Å². The van der Waals surface area contributed by atoms with Crippen LogP contribution in [0.4, 0.5) is 4.79 Å². The molecule has 2 N–H and O–H groups in total. The van der Waals surface area contributed by atoms with Crippen molar-refractivity contribution in [2.24, 2.45) is 5.41 Å². The molecule has 0 aromatic carbocycles. The molecule has 102 valence electrons. The molecule has 0 spiro atoms. The van der Waals surface area contributed by atoms with Crippen LogP contribution < -0.4 is 5.32 Å². The number of amides is 1. The molecule has 6 nitrogen and oxygen atoms in total. The van der Waals surface area contributed by atoms with Gasteiger partial charge in [-0.05, 0) is 19.4 Å². The number of likely N-dealkylation sites (tertiary alicyclic amines) is 1. The van der Waals surface area contributed by atoms with E-state index in [1.54, 1.807) is 0 Å². The quantitative estimate of drug-likeness (QED) is 0.756. The molecule has 2 saturated heterocycles. The first kappa shape index (κ1) is 13.1. The Morgan fingerprint density at radius 3 is 3.00 bits per heavy atom. The summed E-state index contributed by atoms with van der Waals surface area (Å²) in [6.07, 6.45) is 1.74. The van der Waals surface area contributed by atoms with Gasteiger partial charge >= 0.3 is 12.1 Å². The number of carbonyl (C=O) groups excluding carboxylic acids is 1. The SMILES string of the molecule is CCCC1(C(=O)O)CCN(CC2CNC(=O)O2)C1. The van der Waals surface area contributed by atoms with Crippen molar-refractivity contribution in [1.29, 1.82) is 0 Å². The van der Waals surface area contributed by atoms with Crippen LogP contribution in [-0.4, -0.2) is 54.4 Å². The molecule has 2 aliphatic rings. The van der Waals surface area contributed by atoms with Gasteiger partial charge in [-0.25, -0.2) is 4.79 Å². The minimum atomic E-state index is -0.701. The van der Waals surface area contributed by atoms with Crippen molar-refractivity contribution in [1.82, 2.24) is 10.2 Å². The number of hydrogen-bond donors (Lipinski definition) is 2. The number of carbonyl (C=O) groups is 2. The minimum absolute atomic E-state index is 0.149. The molecule has 1 amide bonds. The van der Waals surface area contributed by atoms with E-state index < -0.39 is 11.4 Å². The predicted molar refractivity (Wildman–Crippen MR) is 64.3 cm³/mol. The van der Waals surface area contributed by atoms with Crippen molar-refractivity contribution in [3.63, 3.8) is 0 Å². The highest BCUT2D eigenvalue weighted by atomic mass is 16.6. The van der Waals surface area contributed by atoms with Crippen LogP contribution in [0.3, 0.4) is 0 Å². The number of ether oxygens (including phenoxy) is 1. The van der Waals surface area contributed by atoms with Crippen LogP contribution in [0.2, 0.25) is 0 Å². The zero-order valence-corrected chi connectivity index (χ0v) is 10.6. The molecule has 2 heterocycles. The second kappa shape index (κ2) is 5.14. The average Bonchev–Trinajstić information content (AvgIpc) is 2.88. The fraction of sp³-hybridized carbons (Fsp3) is 0.833. The maximum atomic E-state index is 11.4. The molecule has 2 unspecified atom stereocenters. The molecule has 0 aliphatic carbocycles. The van der Waals surface area contributed by atoms with E-state index in [2.05, 4.69) is 10.2 Å². The van der Waals surface area contributed by atoms with Crippen LogP contribution in [0.25, 0.3) is 0 Å². The third-order valence-corrected chi connectivity index (χ3v) is 3.82. The average molecular weight is 256 g/mol. The summed E-state index contributed by atoms with van der Waals surface area (Å²) in [4.78, 5) is 24.4. The van der Waals surface area contributed by atoms with Gasteiger partial charge in [0, 0.05) is 13.1 Å². The predicted octanol–water partition coefficient (Wildman–Crippen LogP) is 0.672. The number of carboxylic acid groups (broad SMARTS) is 1. The lowest BCUT2D eigenvalue weighted by Crippen LogP contribution is -2.38. The van der Waals surface area contributed by atoms with Crippen LogP contribution in [0, 0.1) is 5.41 Å². The molecule has 2 rings (SSSR count). The highest BCUT2D eigenvalue weighted by Gasteiger charge is 2.44. The molecule has 18 heavy (non-hydrogen) atoms. The molecule has 0 radical (unpaired) electrons. The van der Waals surface area contributed by atoms with Crippen molar-refractivity contribution in [3.8, 4) is 0 Å². The maximum absolute atomic E-state index is 11.4. The fourth-order valence-corrected chi connectivity index (χ4v) is 2.90. The molecular formula is C12H20N2O4. The normalized spacial score (nSPS) is 32.3. The third-order valence-electron chi connectivity index (χ3n) is 3.82. The summed E-state index contributed by atoms with van der Waals surface area (Å²) in [5.74, 6) is -0.701. The Balaban J connectivity index is 1.90. The van der Waals surface area contributed by atoms with Crippen LogP contribution >= 0.6 is 0 Å². The summed E-state index contributed by atoms with van der Waals surface area (Å²) in [5, 5.41) is 12.0. The lowest BCUT2D eigenvalue weighted by atomic mass is 9.83. The standard InChI is InChI=1S/C12H20N2O4/c1-2-3-12(10(15)16)4-5-14(8-12)7-9-6-13-11(17)18-9/h9H,2-8H2,1H3,(H,13,17)(H,15,16). The highest BCUT2D eigenvalue weighted by molar-refractivity contribution is 5.75. The number of nitrogens with zero attached hydrogens (tertiary/aromatic N) is 1. The van der Waals surface area contributed by atoms with Crippen LogP contribution in [0.1, 0.15) is 26.2 Å². The summed E-state index contributed by atoms with van der Waals surface area (Å²) >= 11 is 0. The van der Waals surface area contributed by atoms with Crippen molar-refractivity contribution >= 4 is 12.1 Å². The van der Waals surface area contributed by atoms with Gasteiger partial charge in [-0.1, -0.05) is 13.3 Å². The number of cyclic esters (lactones) is 1. The van der Waals surface area contributed by atoms with Crippen molar-refractivity contribution in [3.05, 3.63) is 0 Å². The molecule has 0 aromatic heterocycles. The lowest BCUT2D eigenvalue weighted by molar-refractivity contribution is -0.148. The second-order valence-corrected chi connectivity index (χ2v) is 5.23. The molecule has 2 aliphatic heterocycles. The topological polar surface area (TPSA) is 78.9 Å². The molecule has 6 heteroatoms. The van der Waals surface area contributed by atoms with E-state index >= 15 is 0 Å². The van der Waals surface area contributed by atoms with Gasteiger partial charge in [0.05, 0.1) is 12.0 Å². The molecule has 0 bridgehead atoms. The van der Waals surface area contributed by atoms with E-state index in [1.807, 2.05) is 6.92 Å². The van der Waals surface area contributed by atoms with Gasteiger partial charge < -0.3 is 15.2 Å². The van der Waals surface area contributed by atoms with Gasteiger partial charge in [0.15, 0.2) is 0 Å². The Hall–Kier alpha value is -1.30. The first-order chi connectivity index (χ1) is 8.55. The van der Waals surface area contributed by atoms with Crippen molar-refractivity contribution < 1.29 is 19.4 Å². The Labute approximate surface area is 106 Å². The number of rotatable bonds is 5. The monoisotopic (exact) mass is 256 g/mol. The van der Waals surface area contributed by atoms with Crippen molar-refractivity contribution in [2.75, 3.05) is 26.2 Å². The molecule has 0 aromatic rings. The number of hydrogen-bond acceptors (Lipinski definition) is 4. The minimum Gasteiger partial charge on any atom is -0.481 e. The first-order valence-electron chi connectivity index (χ1n) is 6.46. The van der Waals surface area contributed by atoms with E-state index in [-0.39, 0.29) is 12.2 Å². The van der Waals surface area contributed by atoms with E-state index in [9.17, 15) is 14.7 Å². The largest absolute Gasteiger partial charge is 0.481 e. The van der Waals surface area contributed by atoms with Gasteiger partial charge in [-0.3, -0.25) is 9.69 Å². The van der Waals surface area contributed by atoms with Gasteiger partial charge in [-0.15, -0.1) is 0 Å².